The molecule has 3 unspecified atom stereocenters. The lowest BCUT2D eigenvalue weighted by molar-refractivity contribution is 0.246. The summed E-state index contributed by atoms with van der Waals surface area (Å²) in [7, 11) is 0.233. The largest absolute Gasteiger partial charge is 0.100 e. The predicted octanol–water partition coefficient (Wildman–Crippen LogP) is 7.60. The summed E-state index contributed by atoms with van der Waals surface area (Å²) in [5.74, 6) is 1.99. The van der Waals surface area contributed by atoms with E-state index in [1.807, 2.05) is 0 Å². The van der Waals surface area contributed by atoms with E-state index in [9.17, 15) is 0 Å². The first-order chi connectivity index (χ1) is 10.7. The molecule has 1 heteroatoms. The van der Waals surface area contributed by atoms with E-state index in [2.05, 4.69) is 20.8 Å². The second-order valence-electron chi connectivity index (χ2n) is 8.31. The molecular weight excluding hydrogens is 283 g/mol. The molecule has 3 atom stereocenters. The highest BCUT2D eigenvalue weighted by atomic mass is 31.1. The third kappa shape index (κ3) is 4.72. The van der Waals surface area contributed by atoms with Gasteiger partial charge in [-0.25, -0.2) is 0 Å². The van der Waals surface area contributed by atoms with Crippen LogP contribution >= 0.6 is 7.92 Å². The van der Waals surface area contributed by atoms with Crippen molar-refractivity contribution in [2.24, 2.45) is 11.8 Å². The molecule has 0 nitrogen and oxygen atoms in total. The van der Waals surface area contributed by atoms with Crippen LogP contribution in [0.15, 0.2) is 0 Å². The van der Waals surface area contributed by atoms with Crippen molar-refractivity contribution in [2.45, 2.75) is 109 Å². The molecule has 0 aromatic rings. The van der Waals surface area contributed by atoms with E-state index in [0.29, 0.717) is 5.16 Å². The van der Waals surface area contributed by atoms with Crippen molar-refractivity contribution >= 4 is 7.92 Å². The summed E-state index contributed by atoms with van der Waals surface area (Å²) in [6.07, 6.45) is 22.7. The average Bonchev–Trinajstić information content (AvgIpc) is 2.70. The van der Waals surface area contributed by atoms with Gasteiger partial charge in [0.2, 0.25) is 0 Å². The van der Waals surface area contributed by atoms with Crippen LogP contribution in [0.25, 0.3) is 0 Å². The van der Waals surface area contributed by atoms with E-state index in [1.165, 1.54) is 76.8 Å². The monoisotopic (exact) mass is 324 g/mol. The quantitative estimate of drug-likeness (QED) is 0.459. The van der Waals surface area contributed by atoms with Gasteiger partial charge in [-0.1, -0.05) is 78.6 Å². The third-order valence-corrected chi connectivity index (χ3v) is 10.8. The van der Waals surface area contributed by atoms with Gasteiger partial charge in [-0.3, -0.25) is 0 Å². The Balaban J connectivity index is 2.19. The van der Waals surface area contributed by atoms with Crippen LogP contribution in [0, 0.1) is 11.8 Å². The Kier molecular flexibility index (Phi) is 8.24. The van der Waals surface area contributed by atoms with Gasteiger partial charge in [0.25, 0.3) is 0 Å². The maximum atomic E-state index is 2.75. The lowest BCUT2D eigenvalue weighted by Gasteiger charge is -2.49. The van der Waals surface area contributed by atoms with E-state index in [0.717, 1.165) is 11.8 Å². The number of rotatable bonds is 2. The minimum atomic E-state index is 0.233. The lowest BCUT2D eigenvalue weighted by atomic mass is 9.76. The molecule has 0 N–H and O–H groups in total. The third-order valence-electron chi connectivity index (χ3n) is 7.06. The molecule has 2 rings (SSSR count). The van der Waals surface area contributed by atoms with Crippen molar-refractivity contribution in [1.29, 1.82) is 0 Å². The summed E-state index contributed by atoms with van der Waals surface area (Å²) in [4.78, 5) is 0. The summed E-state index contributed by atoms with van der Waals surface area (Å²) in [5.41, 5.74) is 0. The maximum absolute atomic E-state index is 2.75. The Morgan fingerprint density at radius 3 is 1.86 bits per heavy atom. The van der Waals surface area contributed by atoms with Gasteiger partial charge in [-0.2, -0.15) is 0 Å². The Bertz CT molecular complexity index is 290. The van der Waals surface area contributed by atoms with Crippen LogP contribution in [0.3, 0.4) is 0 Å². The summed E-state index contributed by atoms with van der Waals surface area (Å²) >= 11 is 0. The van der Waals surface area contributed by atoms with E-state index in [-0.39, 0.29) is 7.92 Å². The van der Waals surface area contributed by atoms with Gasteiger partial charge in [0.15, 0.2) is 0 Å². The molecule has 0 aromatic carbocycles. The van der Waals surface area contributed by atoms with Crippen LogP contribution in [-0.4, -0.2) is 17.5 Å². The lowest BCUT2D eigenvalue weighted by Crippen LogP contribution is -2.40. The fourth-order valence-corrected chi connectivity index (χ4v) is 8.94. The summed E-state index contributed by atoms with van der Waals surface area (Å²) in [6.45, 7) is 7.88. The zero-order valence-corrected chi connectivity index (χ0v) is 16.6. The van der Waals surface area contributed by atoms with Gasteiger partial charge in [-0.05, 0) is 55.0 Å². The van der Waals surface area contributed by atoms with Crippen LogP contribution in [0.2, 0.25) is 0 Å². The molecule has 1 aliphatic heterocycles. The first-order valence-corrected chi connectivity index (χ1v) is 12.2. The highest BCUT2D eigenvalue weighted by Crippen LogP contribution is 2.61. The first-order valence-electron chi connectivity index (χ1n) is 10.4. The Labute approximate surface area is 142 Å². The average molecular weight is 325 g/mol. The zero-order valence-electron chi connectivity index (χ0n) is 15.7. The van der Waals surface area contributed by atoms with Crippen molar-refractivity contribution in [3.05, 3.63) is 0 Å². The van der Waals surface area contributed by atoms with Crippen LogP contribution < -0.4 is 0 Å². The van der Waals surface area contributed by atoms with E-state index in [1.54, 1.807) is 19.0 Å². The molecule has 1 saturated heterocycles. The smallest absolute Gasteiger partial charge is 0.00690 e. The SMILES string of the molecule is CCP1CCCCCCC(C)C1(C)C1CCCCCCCC1. The highest BCUT2D eigenvalue weighted by Gasteiger charge is 2.43. The van der Waals surface area contributed by atoms with Gasteiger partial charge >= 0.3 is 0 Å². The molecule has 0 spiro atoms. The Morgan fingerprint density at radius 1 is 0.773 bits per heavy atom. The first kappa shape index (κ1) is 18.8. The van der Waals surface area contributed by atoms with Gasteiger partial charge in [-0.15, -0.1) is 7.92 Å². The molecule has 0 amide bonds. The van der Waals surface area contributed by atoms with Crippen molar-refractivity contribution in [1.82, 2.24) is 0 Å². The maximum Gasteiger partial charge on any atom is -0.00690 e. The minimum absolute atomic E-state index is 0.233. The molecule has 22 heavy (non-hydrogen) atoms. The Morgan fingerprint density at radius 2 is 1.27 bits per heavy atom. The van der Waals surface area contributed by atoms with Gasteiger partial charge in [0, 0.05) is 0 Å². The highest BCUT2D eigenvalue weighted by molar-refractivity contribution is 7.59. The van der Waals surface area contributed by atoms with Crippen molar-refractivity contribution in [2.75, 3.05) is 12.3 Å². The molecule has 1 saturated carbocycles. The standard InChI is InChI=1S/C21H41P/c1-4-22-18-14-10-9-11-15-19(2)21(22,3)20-16-12-7-5-6-8-13-17-20/h19-20H,4-18H2,1-3H3. The van der Waals surface area contributed by atoms with E-state index >= 15 is 0 Å². The molecule has 0 aromatic heterocycles. The molecule has 130 valence electrons. The van der Waals surface area contributed by atoms with E-state index in [4.69, 9.17) is 0 Å². The van der Waals surface area contributed by atoms with Gasteiger partial charge < -0.3 is 0 Å². The summed E-state index contributed by atoms with van der Waals surface area (Å²) < 4.78 is 0. The zero-order chi connectivity index (χ0) is 15.8. The second-order valence-corrected chi connectivity index (χ2v) is 11.4. The van der Waals surface area contributed by atoms with Crippen molar-refractivity contribution in [3.63, 3.8) is 0 Å². The van der Waals surface area contributed by atoms with Crippen LogP contribution in [0.5, 0.6) is 0 Å². The number of hydrogen-bond acceptors (Lipinski definition) is 0. The summed E-state index contributed by atoms with van der Waals surface area (Å²) in [5, 5.41) is 0.679. The van der Waals surface area contributed by atoms with Gasteiger partial charge in [0.1, 0.15) is 0 Å². The molecule has 1 heterocycles. The van der Waals surface area contributed by atoms with Crippen LogP contribution in [-0.2, 0) is 0 Å². The fourth-order valence-electron chi connectivity index (χ4n) is 5.33. The molecule has 2 fully saturated rings. The normalized spacial score (nSPS) is 37.2. The topological polar surface area (TPSA) is 0 Å². The fraction of sp³-hybridized carbons (Fsp3) is 1.00. The molecule has 1 aliphatic carbocycles. The van der Waals surface area contributed by atoms with Gasteiger partial charge in [0.05, 0.1) is 0 Å². The van der Waals surface area contributed by atoms with Crippen LogP contribution in [0.1, 0.15) is 104 Å². The Hall–Kier alpha value is 0.430. The molecular formula is C21H41P. The molecule has 0 bridgehead atoms. The second kappa shape index (κ2) is 9.66. The van der Waals surface area contributed by atoms with Crippen molar-refractivity contribution < 1.29 is 0 Å². The summed E-state index contributed by atoms with van der Waals surface area (Å²) in [6, 6.07) is 0. The van der Waals surface area contributed by atoms with Crippen LogP contribution in [0.4, 0.5) is 0 Å². The molecule has 0 radical (unpaired) electrons. The molecule has 2 aliphatic rings. The van der Waals surface area contributed by atoms with Crippen molar-refractivity contribution in [3.8, 4) is 0 Å². The predicted molar refractivity (Wildman–Crippen MR) is 103 cm³/mol. The van der Waals surface area contributed by atoms with E-state index < -0.39 is 0 Å². The number of hydrogen-bond donors (Lipinski definition) is 0. The minimum Gasteiger partial charge on any atom is -0.100 e.